The second-order valence-electron chi connectivity index (χ2n) is 6.65. The number of nitrogens with zero attached hydrogens (tertiary/aromatic N) is 2. The van der Waals surface area contributed by atoms with Gasteiger partial charge in [0.1, 0.15) is 0 Å². The number of carboxylic acids is 2. The predicted octanol–water partition coefficient (Wildman–Crippen LogP) is 3.83. The van der Waals surface area contributed by atoms with Gasteiger partial charge in [-0.1, -0.05) is 12.1 Å². The van der Waals surface area contributed by atoms with Crippen molar-refractivity contribution in [2.24, 2.45) is 4.99 Å². The maximum Gasteiger partial charge on any atom is 0.328 e. The molecule has 1 aromatic carbocycles. The van der Waals surface area contributed by atoms with Crippen molar-refractivity contribution >= 4 is 55.7 Å². The van der Waals surface area contributed by atoms with Crippen LogP contribution in [0.15, 0.2) is 47.5 Å². The fourth-order valence-electron chi connectivity index (χ4n) is 2.98. The molecule has 2 aliphatic heterocycles. The second kappa shape index (κ2) is 9.87. The van der Waals surface area contributed by atoms with Crippen LogP contribution in [0.25, 0.3) is 15.7 Å². The molecule has 0 radical (unpaired) electrons. The first-order valence-corrected chi connectivity index (χ1v) is 11.0. The Kier molecular flexibility index (Phi) is 7.24. The van der Waals surface area contributed by atoms with Gasteiger partial charge in [-0.05, 0) is 42.6 Å². The summed E-state index contributed by atoms with van der Waals surface area (Å²) < 4.78 is 1.39. The van der Waals surface area contributed by atoms with Crippen LogP contribution in [0.1, 0.15) is 16.9 Å². The summed E-state index contributed by atoms with van der Waals surface area (Å²) in [5.41, 5.74) is 2.80. The Balaban J connectivity index is 0.000000258. The van der Waals surface area contributed by atoms with Crippen LogP contribution in [-0.2, 0) is 9.59 Å². The van der Waals surface area contributed by atoms with Crippen molar-refractivity contribution in [1.29, 1.82) is 0 Å². The van der Waals surface area contributed by atoms with Crippen LogP contribution in [0.3, 0.4) is 0 Å². The summed E-state index contributed by atoms with van der Waals surface area (Å²) in [4.78, 5) is 27.5. The number of hydrogen-bond donors (Lipinski definition) is 2. The highest BCUT2D eigenvalue weighted by atomic mass is 32.2. The van der Waals surface area contributed by atoms with E-state index in [4.69, 9.17) is 10.2 Å². The molecule has 0 saturated carbocycles. The van der Waals surface area contributed by atoms with Crippen molar-refractivity contribution in [3.05, 3.63) is 52.9 Å². The number of hydrogen-bond acceptors (Lipinski definition) is 6. The van der Waals surface area contributed by atoms with E-state index >= 15 is 0 Å². The van der Waals surface area contributed by atoms with Gasteiger partial charge in [0.25, 0.3) is 0 Å². The molecule has 29 heavy (non-hydrogen) atoms. The Labute approximate surface area is 177 Å². The standard InChI is InChI=1S/C17H18N2S2.C4H4O4/c1-19-7-4-12(5-8-19)16-11-14-10-13(2-3-15(14)21-16)17-18-6-9-20-17;5-3(6)1-2-4(7)8/h2-4,10-11H,5-9H2,1H3;1-2H,(H,5,6)(H,7,8). The maximum atomic E-state index is 9.55. The fourth-order valence-corrected chi connectivity index (χ4v) is 4.94. The normalized spacial score (nSPS) is 17.0. The summed E-state index contributed by atoms with van der Waals surface area (Å²) in [6, 6.07) is 9.15. The molecule has 8 heteroatoms. The number of carbonyl (C=O) groups is 2. The first-order valence-electron chi connectivity index (χ1n) is 9.15. The lowest BCUT2D eigenvalue weighted by Gasteiger charge is -2.21. The number of carboxylic acid groups (broad SMARTS) is 2. The Hall–Kier alpha value is -2.42. The molecule has 0 unspecified atom stereocenters. The monoisotopic (exact) mass is 430 g/mol. The van der Waals surface area contributed by atoms with Crippen LogP contribution in [0.5, 0.6) is 0 Å². The largest absolute Gasteiger partial charge is 0.478 e. The average Bonchev–Trinajstić information content (AvgIpc) is 3.36. The van der Waals surface area contributed by atoms with Crippen molar-refractivity contribution in [2.45, 2.75) is 6.42 Å². The molecule has 152 valence electrons. The molecule has 0 atom stereocenters. The van der Waals surface area contributed by atoms with Crippen molar-refractivity contribution in [3.63, 3.8) is 0 Å². The fraction of sp³-hybridized carbons (Fsp3) is 0.286. The van der Waals surface area contributed by atoms with E-state index in [1.165, 1.54) is 44.1 Å². The van der Waals surface area contributed by atoms with E-state index in [2.05, 4.69) is 47.3 Å². The van der Waals surface area contributed by atoms with Crippen molar-refractivity contribution in [2.75, 3.05) is 32.4 Å². The average molecular weight is 431 g/mol. The number of thioether (sulfide) groups is 1. The SMILES string of the molecule is CN1CC=C(c2cc3cc(C4=NCCS4)ccc3s2)CC1.O=C(O)C=CC(=O)O. The number of aliphatic imine (C=N–C) groups is 1. The van der Waals surface area contributed by atoms with E-state index in [1.807, 2.05) is 23.1 Å². The lowest BCUT2D eigenvalue weighted by atomic mass is 10.1. The molecular weight excluding hydrogens is 408 g/mol. The van der Waals surface area contributed by atoms with Gasteiger partial charge in [0.15, 0.2) is 0 Å². The van der Waals surface area contributed by atoms with E-state index in [0.29, 0.717) is 12.2 Å². The van der Waals surface area contributed by atoms with E-state index < -0.39 is 11.9 Å². The summed E-state index contributed by atoms with van der Waals surface area (Å²) in [7, 11) is 2.18. The van der Waals surface area contributed by atoms with E-state index in [9.17, 15) is 9.59 Å². The molecule has 6 nitrogen and oxygen atoms in total. The summed E-state index contributed by atoms with van der Waals surface area (Å²) in [6.07, 6.45) is 4.66. The highest BCUT2D eigenvalue weighted by Gasteiger charge is 2.14. The summed E-state index contributed by atoms with van der Waals surface area (Å²) >= 11 is 3.80. The molecule has 1 aromatic heterocycles. The Morgan fingerprint density at radius 3 is 2.52 bits per heavy atom. The topological polar surface area (TPSA) is 90.2 Å². The minimum atomic E-state index is -1.26. The van der Waals surface area contributed by atoms with E-state index in [-0.39, 0.29) is 0 Å². The van der Waals surface area contributed by atoms with Gasteiger partial charge in [-0.2, -0.15) is 0 Å². The molecule has 4 rings (SSSR count). The molecule has 2 aliphatic rings. The lowest BCUT2D eigenvalue weighted by molar-refractivity contribution is -0.134. The van der Waals surface area contributed by atoms with Gasteiger partial charge in [0.05, 0.1) is 5.04 Å². The van der Waals surface area contributed by atoms with Crippen molar-refractivity contribution in [1.82, 2.24) is 4.90 Å². The Morgan fingerprint density at radius 1 is 1.17 bits per heavy atom. The van der Waals surface area contributed by atoms with Gasteiger partial charge >= 0.3 is 11.9 Å². The number of fused-ring (bicyclic) bond motifs is 1. The number of aliphatic carboxylic acids is 2. The van der Waals surface area contributed by atoms with Crippen LogP contribution >= 0.6 is 23.1 Å². The number of thiophene rings is 1. The zero-order valence-corrected chi connectivity index (χ0v) is 17.6. The molecule has 2 N–H and O–H groups in total. The third-order valence-corrected chi connectivity index (χ3v) is 6.66. The lowest BCUT2D eigenvalue weighted by Crippen LogP contribution is -2.23. The molecule has 0 spiro atoms. The first-order chi connectivity index (χ1) is 13.9. The minimum absolute atomic E-state index is 0.558. The number of rotatable bonds is 4. The van der Waals surface area contributed by atoms with Gasteiger partial charge in [0, 0.05) is 52.7 Å². The minimum Gasteiger partial charge on any atom is -0.478 e. The highest BCUT2D eigenvalue weighted by Crippen LogP contribution is 2.34. The smallest absolute Gasteiger partial charge is 0.328 e. The quantitative estimate of drug-likeness (QED) is 0.717. The van der Waals surface area contributed by atoms with Gasteiger partial charge in [0.2, 0.25) is 0 Å². The van der Waals surface area contributed by atoms with E-state index in [0.717, 1.165) is 18.8 Å². The van der Waals surface area contributed by atoms with Gasteiger partial charge < -0.3 is 15.1 Å². The molecule has 0 bridgehead atoms. The van der Waals surface area contributed by atoms with Gasteiger partial charge in [-0.25, -0.2) is 9.59 Å². The summed E-state index contributed by atoms with van der Waals surface area (Å²) in [6.45, 7) is 3.20. The summed E-state index contributed by atoms with van der Waals surface area (Å²) in [5.74, 6) is -1.39. The second-order valence-corrected chi connectivity index (χ2v) is 8.82. The van der Waals surface area contributed by atoms with Gasteiger partial charge in [-0.15, -0.1) is 23.1 Å². The highest BCUT2D eigenvalue weighted by molar-refractivity contribution is 8.14. The molecule has 0 aliphatic carbocycles. The predicted molar refractivity (Wildman–Crippen MR) is 120 cm³/mol. The molecule has 0 saturated heterocycles. The first kappa shape index (κ1) is 21.3. The van der Waals surface area contributed by atoms with Crippen LogP contribution < -0.4 is 0 Å². The Bertz CT molecular complexity index is 991. The molecule has 2 aromatic rings. The van der Waals surface area contributed by atoms with Gasteiger partial charge in [-0.3, -0.25) is 4.99 Å². The van der Waals surface area contributed by atoms with Crippen molar-refractivity contribution < 1.29 is 19.8 Å². The van der Waals surface area contributed by atoms with Crippen LogP contribution in [0.4, 0.5) is 0 Å². The maximum absolute atomic E-state index is 9.55. The third-order valence-electron chi connectivity index (χ3n) is 4.45. The summed E-state index contributed by atoms with van der Waals surface area (Å²) in [5, 5.41) is 18.2. The Morgan fingerprint density at radius 2 is 1.93 bits per heavy atom. The molecular formula is C21H22N2O4S2. The number of benzene rings is 1. The number of likely N-dealkylation sites (N-methyl/N-ethyl adjacent to an activating group) is 1. The van der Waals surface area contributed by atoms with Crippen LogP contribution in [0.2, 0.25) is 0 Å². The van der Waals surface area contributed by atoms with Crippen molar-refractivity contribution in [3.8, 4) is 0 Å². The van der Waals surface area contributed by atoms with E-state index in [1.54, 1.807) is 0 Å². The van der Waals surface area contributed by atoms with Crippen LogP contribution in [0, 0.1) is 0 Å². The molecule has 0 fully saturated rings. The zero-order valence-electron chi connectivity index (χ0n) is 16.0. The molecule has 0 amide bonds. The molecule has 3 heterocycles. The van der Waals surface area contributed by atoms with Crippen LogP contribution in [-0.4, -0.2) is 64.5 Å². The third kappa shape index (κ3) is 6.03. The zero-order chi connectivity index (χ0) is 20.8.